The Morgan fingerprint density at radius 1 is 1.14 bits per heavy atom. The summed E-state index contributed by atoms with van der Waals surface area (Å²) in [5.41, 5.74) is 10.4. The van der Waals surface area contributed by atoms with E-state index in [0.717, 1.165) is 9.54 Å². The Kier molecular flexibility index (Phi) is 3.32. The predicted octanol–water partition coefficient (Wildman–Crippen LogP) is 3.52. The van der Waals surface area contributed by atoms with Gasteiger partial charge < -0.3 is 0 Å². The fourth-order valence-electron chi connectivity index (χ4n) is 2.15. The molecule has 110 valence electrons. The van der Waals surface area contributed by atoms with Gasteiger partial charge in [-0.05, 0) is 41.8 Å². The summed E-state index contributed by atoms with van der Waals surface area (Å²) >= 11 is 0. The second kappa shape index (κ2) is 5.18. The van der Waals surface area contributed by atoms with Gasteiger partial charge in [0.15, 0.2) is 0 Å². The van der Waals surface area contributed by atoms with Crippen molar-refractivity contribution < 1.29 is 8.42 Å². The first-order chi connectivity index (χ1) is 10.5. The van der Waals surface area contributed by atoms with Gasteiger partial charge in [-0.25, -0.2) is 17.4 Å². The Morgan fingerprint density at radius 3 is 2.50 bits per heavy atom. The number of aryl methyl sites for hydroxylation is 1. The van der Waals surface area contributed by atoms with Crippen LogP contribution in [0.15, 0.2) is 58.5 Å². The molecule has 0 radical (unpaired) electrons. The van der Waals surface area contributed by atoms with Crippen LogP contribution in [0.4, 0.5) is 5.95 Å². The highest BCUT2D eigenvalue weighted by molar-refractivity contribution is 7.90. The molecule has 0 aliphatic rings. The lowest BCUT2D eigenvalue weighted by atomic mass is 10.2. The summed E-state index contributed by atoms with van der Waals surface area (Å²) in [6, 6.07) is 13.2. The Labute approximate surface area is 126 Å². The van der Waals surface area contributed by atoms with Gasteiger partial charge in [0.2, 0.25) is 5.95 Å². The van der Waals surface area contributed by atoms with E-state index in [9.17, 15) is 8.42 Å². The van der Waals surface area contributed by atoms with Crippen molar-refractivity contribution in [1.29, 1.82) is 0 Å². The van der Waals surface area contributed by atoms with Gasteiger partial charge in [-0.3, -0.25) is 0 Å². The molecule has 0 fully saturated rings. The maximum absolute atomic E-state index is 12.9. The van der Waals surface area contributed by atoms with Crippen molar-refractivity contribution in [3.05, 3.63) is 64.5 Å². The Bertz CT molecular complexity index is 999. The predicted molar refractivity (Wildman–Crippen MR) is 82.3 cm³/mol. The number of aromatic nitrogens is 2. The lowest BCUT2D eigenvalue weighted by Gasteiger charge is -2.08. The maximum atomic E-state index is 12.9. The summed E-state index contributed by atoms with van der Waals surface area (Å²) in [5, 5.41) is 3.41. The van der Waals surface area contributed by atoms with Crippen LogP contribution in [0.5, 0.6) is 0 Å². The molecule has 1 heterocycles. The van der Waals surface area contributed by atoms with Crippen LogP contribution in [-0.2, 0) is 10.0 Å². The van der Waals surface area contributed by atoms with Crippen LogP contribution in [0.3, 0.4) is 0 Å². The number of imidazole rings is 1. The third-order valence-corrected chi connectivity index (χ3v) is 4.90. The molecule has 3 aromatic rings. The number of benzene rings is 2. The third-order valence-electron chi connectivity index (χ3n) is 3.20. The highest BCUT2D eigenvalue weighted by atomic mass is 32.2. The van der Waals surface area contributed by atoms with E-state index in [1.807, 2.05) is 6.92 Å². The van der Waals surface area contributed by atoms with Gasteiger partial charge in [0.25, 0.3) is 10.0 Å². The number of hydrogen-bond donors (Lipinski definition) is 0. The molecule has 0 unspecified atom stereocenters. The Hall–Kier alpha value is -2.83. The average Bonchev–Trinajstić information content (AvgIpc) is 2.86. The fraction of sp³-hybridized carbons (Fsp3) is 0.0714. The largest absolute Gasteiger partial charge is 0.269 e. The molecule has 3 rings (SSSR count). The van der Waals surface area contributed by atoms with E-state index in [2.05, 4.69) is 15.0 Å². The molecule has 1 aromatic heterocycles. The zero-order valence-electron chi connectivity index (χ0n) is 11.6. The molecule has 0 saturated carbocycles. The van der Waals surface area contributed by atoms with Crippen LogP contribution in [0, 0.1) is 6.92 Å². The molecule has 0 N–H and O–H groups in total. The van der Waals surface area contributed by atoms with Crippen LogP contribution < -0.4 is 0 Å². The average molecular weight is 313 g/mol. The topological polar surface area (TPSA) is 101 Å². The monoisotopic (exact) mass is 313 g/mol. The summed E-state index contributed by atoms with van der Waals surface area (Å²) in [6.45, 7) is 1.87. The molecule has 0 amide bonds. The third kappa shape index (κ3) is 2.20. The zero-order chi connectivity index (χ0) is 15.7. The van der Waals surface area contributed by atoms with Gasteiger partial charge in [0.05, 0.1) is 15.9 Å². The van der Waals surface area contributed by atoms with Crippen molar-refractivity contribution in [2.24, 2.45) is 5.11 Å². The maximum Gasteiger partial charge on any atom is 0.269 e. The molecule has 0 atom stereocenters. The standard InChI is InChI=1S/C14H11N5O2S/c1-10-6-8-11(9-7-10)22(20,21)19-13-5-3-2-4-12(13)16-14(19)17-18-15/h2-9H,1H3. The fourth-order valence-corrected chi connectivity index (χ4v) is 3.54. The molecular formula is C14H11N5O2S. The Morgan fingerprint density at radius 2 is 1.82 bits per heavy atom. The van der Waals surface area contributed by atoms with Gasteiger partial charge in [-0.1, -0.05) is 29.8 Å². The van der Waals surface area contributed by atoms with Crippen molar-refractivity contribution in [3.8, 4) is 0 Å². The van der Waals surface area contributed by atoms with Gasteiger partial charge in [0.1, 0.15) is 0 Å². The number of para-hydroxylation sites is 2. The van der Waals surface area contributed by atoms with Crippen LogP contribution >= 0.6 is 0 Å². The molecule has 0 saturated heterocycles. The molecule has 0 spiro atoms. The van der Waals surface area contributed by atoms with E-state index in [4.69, 9.17) is 5.53 Å². The lowest BCUT2D eigenvalue weighted by Crippen LogP contribution is -2.12. The minimum atomic E-state index is -3.90. The first kappa shape index (κ1) is 14.1. The molecule has 22 heavy (non-hydrogen) atoms. The smallest absolute Gasteiger partial charge is 0.226 e. The van der Waals surface area contributed by atoms with Crippen LogP contribution in [0.1, 0.15) is 5.56 Å². The van der Waals surface area contributed by atoms with E-state index in [0.29, 0.717) is 11.0 Å². The van der Waals surface area contributed by atoms with Crippen molar-refractivity contribution >= 4 is 27.0 Å². The number of fused-ring (bicyclic) bond motifs is 1. The molecule has 8 heteroatoms. The molecule has 0 bridgehead atoms. The van der Waals surface area contributed by atoms with Crippen LogP contribution in [0.2, 0.25) is 0 Å². The second-order valence-corrected chi connectivity index (χ2v) is 6.46. The minimum absolute atomic E-state index is 0.107. The highest BCUT2D eigenvalue weighted by Crippen LogP contribution is 2.27. The summed E-state index contributed by atoms with van der Waals surface area (Å²) in [6.07, 6.45) is 0. The van der Waals surface area contributed by atoms with Gasteiger partial charge in [-0.2, -0.15) is 0 Å². The van der Waals surface area contributed by atoms with E-state index >= 15 is 0 Å². The van der Waals surface area contributed by atoms with E-state index in [1.165, 1.54) is 12.1 Å². The lowest BCUT2D eigenvalue weighted by molar-refractivity contribution is 0.589. The number of rotatable bonds is 3. The van der Waals surface area contributed by atoms with Crippen LogP contribution in [-0.4, -0.2) is 17.4 Å². The normalized spacial score (nSPS) is 11.3. The first-order valence-electron chi connectivity index (χ1n) is 6.39. The van der Waals surface area contributed by atoms with E-state index in [1.54, 1.807) is 36.4 Å². The van der Waals surface area contributed by atoms with Crippen molar-refractivity contribution in [1.82, 2.24) is 8.96 Å². The number of nitrogens with zero attached hydrogens (tertiary/aromatic N) is 5. The summed E-state index contributed by atoms with van der Waals surface area (Å²) in [5.74, 6) is -0.204. The summed E-state index contributed by atoms with van der Waals surface area (Å²) in [4.78, 5) is 6.84. The molecular weight excluding hydrogens is 302 g/mol. The van der Waals surface area contributed by atoms with E-state index < -0.39 is 10.0 Å². The van der Waals surface area contributed by atoms with Crippen molar-refractivity contribution in [2.45, 2.75) is 11.8 Å². The quantitative estimate of drug-likeness (QED) is 0.420. The molecule has 0 aliphatic heterocycles. The molecule has 0 aliphatic carbocycles. The van der Waals surface area contributed by atoms with Gasteiger partial charge in [-0.15, -0.1) is 0 Å². The zero-order valence-corrected chi connectivity index (χ0v) is 12.4. The molecule has 7 nitrogen and oxygen atoms in total. The Balaban J connectivity index is 2.34. The van der Waals surface area contributed by atoms with Gasteiger partial charge >= 0.3 is 0 Å². The summed E-state index contributed by atoms with van der Waals surface area (Å²) in [7, 11) is -3.90. The minimum Gasteiger partial charge on any atom is -0.226 e. The second-order valence-electron chi connectivity index (χ2n) is 4.67. The van der Waals surface area contributed by atoms with Crippen molar-refractivity contribution in [3.63, 3.8) is 0 Å². The number of azide groups is 1. The van der Waals surface area contributed by atoms with Crippen molar-refractivity contribution in [2.75, 3.05) is 0 Å². The van der Waals surface area contributed by atoms with Crippen LogP contribution in [0.25, 0.3) is 21.5 Å². The first-order valence-corrected chi connectivity index (χ1v) is 7.83. The SMILES string of the molecule is Cc1ccc(S(=O)(=O)n2c(N=[N+]=[N-])nc3ccccc32)cc1. The highest BCUT2D eigenvalue weighted by Gasteiger charge is 2.23. The van der Waals surface area contributed by atoms with Gasteiger partial charge in [0, 0.05) is 4.91 Å². The molecule has 2 aromatic carbocycles. The van der Waals surface area contributed by atoms with E-state index in [-0.39, 0.29) is 10.8 Å². The summed E-state index contributed by atoms with van der Waals surface area (Å²) < 4.78 is 26.7. The number of hydrogen-bond acceptors (Lipinski definition) is 4.